The fourth-order valence-corrected chi connectivity index (χ4v) is 3.70. The zero-order valence-corrected chi connectivity index (χ0v) is 28.0. The highest BCUT2D eigenvalue weighted by Crippen LogP contribution is 2.69. The van der Waals surface area contributed by atoms with Crippen LogP contribution < -0.4 is 0 Å². The Balaban J connectivity index is 0. The highest BCUT2D eigenvalue weighted by atomic mass is 19.5. The maximum absolute atomic E-state index is 14.0. The van der Waals surface area contributed by atoms with Crippen LogP contribution in [0.25, 0.3) is 0 Å². The van der Waals surface area contributed by atoms with Crippen LogP contribution in [-0.2, 0) is 9.53 Å². The average molecular weight is 1000 g/mol. The molecule has 0 aliphatic rings. The van der Waals surface area contributed by atoms with Crippen LogP contribution in [0.5, 0.6) is 0 Å². The van der Waals surface area contributed by atoms with E-state index in [4.69, 9.17) is 0 Å². The molecule has 0 spiro atoms. The Morgan fingerprint density at radius 1 is 0.344 bits per heavy atom. The van der Waals surface area contributed by atoms with E-state index in [2.05, 4.69) is 4.74 Å². The number of carbonyl (C=O) groups is 1. The van der Waals surface area contributed by atoms with E-state index < -0.39 is 133 Å². The minimum absolute atomic E-state index is 0.474. The number of ether oxygens (including phenoxy) is 1. The minimum Gasteiger partial charge on any atom is -0.459 e. The molecule has 0 rings (SSSR count). The van der Waals surface area contributed by atoms with Crippen molar-refractivity contribution in [3.63, 3.8) is 0 Å². The van der Waals surface area contributed by atoms with Crippen LogP contribution in [-0.4, -0.2) is 115 Å². The van der Waals surface area contributed by atoms with Gasteiger partial charge in [-0.05, 0) is 12.8 Å². The molecule has 0 bridgehead atoms. The topological polar surface area (TPSA) is 26.3 Å². The first-order chi connectivity index (χ1) is 26.0. The fraction of sp³-hybridized carbons (Fsp3) is 0.958. The molecule has 0 aromatic carbocycles. The van der Waals surface area contributed by atoms with E-state index >= 15 is 0 Å². The third-order valence-electron chi connectivity index (χ3n) is 7.53. The summed E-state index contributed by atoms with van der Waals surface area (Å²) in [4.78, 5) is 11.5. The Morgan fingerprint density at radius 2 is 0.508 bits per heavy atom. The van der Waals surface area contributed by atoms with Gasteiger partial charge in [0.1, 0.15) is 0 Å². The van der Waals surface area contributed by atoms with Crippen LogP contribution in [0.2, 0.25) is 0 Å². The molecule has 61 heavy (non-hydrogen) atoms. The van der Waals surface area contributed by atoms with Gasteiger partial charge in [0.2, 0.25) is 0 Å². The van der Waals surface area contributed by atoms with Crippen LogP contribution in [0.4, 0.5) is 154 Å². The van der Waals surface area contributed by atoms with E-state index in [0.29, 0.717) is 0 Å². The third kappa shape index (κ3) is 8.80. The number of hydrogen-bond donors (Lipinski definition) is 0. The number of alkyl halides is 35. The third-order valence-corrected chi connectivity index (χ3v) is 7.53. The monoisotopic (exact) mass is 1000 g/mol. The van der Waals surface area contributed by atoms with Crippen LogP contribution in [0.1, 0.15) is 26.7 Å². The van der Waals surface area contributed by atoms with E-state index in [1.54, 1.807) is 0 Å². The van der Waals surface area contributed by atoms with Gasteiger partial charge in [0.15, 0.2) is 13.3 Å². The molecule has 0 N–H and O–H groups in total. The molecule has 2 nitrogen and oxygen atoms in total. The second-order valence-electron chi connectivity index (χ2n) is 11.6. The van der Waals surface area contributed by atoms with Crippen LogP contribution in [0, 0.1) is 5.92 Å². The van der Waals surface area contributed by atoms with Crippen molar-refractivity contribution >= 4 is 5.97 Å². The standard InChI is InChI=1S/C23H15F31O2.CF4/c1-3-7(4-2)8(55)56-6-10(27,28)12(31,32)14(35,36)16(39,40)18(43,44)20(47,48)22(51,52)23(53,54)21(49,50)19(45,46)17(41,42)15(37,38)13(33,34)11(29,30)9(25,26)5-24;2-1(3,4)5/h7H,3-6H2,1-2H3;. The number of carbonyl (C=O) groups excluding carboxylic acids is 1. The van der Waals surface area contributed by atoms with Crippen molar-refractivity contribution in [3.05, 3.63) is 0 Å². The molecule has 0 heterocycles. The van der Waals surface area contributed by atoms with Gasteiger partial charge in [-0.2, -0.15) is 132 Å². The Morgan fingerprint density at radius 3 is 0.672 bits per heavy atom. The molecular formula is C24H15F35O2. The fourth-order valence-electron chi connectivity index (χ4n) is 3.70. The van der Waals surface area contributed by atoms with Gasteiger partial charge in [0, 0.05) is 0 Å². The molecule has 0 radical (unpaired) electrons. The smallest absolute Gasteiger partial charge is 0.459 e. The van der Waals surface area contributed by atoms with Gasteiger partial charge in [-0.1, -0.05) is 13.8 Å². The molecule has 0 saturated carbocycles. The largest absolute Gasteiger partial charge is 0.559 e. The SMILES string of the molecule is CCC(CC)C(=O)OCC(F)(F)C(F)(F)C(F)(F)C(F)(F)C(F)(F)C(F)(F)C(F)(F)C(F)(F)C(F)(F)C(F)(F)C(F)(F)C(F)(F)C(F)(F)C(F)(F)C(F)(F)CF.FC(F)(F)F. The van der Waals surface area contributed by atoms with Gasteiger partial charge in [0.25, 0.3) is 0 Å². The van der Waals surface area contributed by atoms with Crippen molar-refractivity contribution in [1.29, 1.82) is 0 Å². The minimum atomic E-state index is -10.1. The summed E-state index contributed by atoms with van der Waals surface area (Å²) < 4.78 is 467. The zero-order valence-electron chi connectivity index (χ0n) is 28.0. The van der Waals surface area contributed by atoms with E-state index in [1.807, 2.05) is 0 Å². The van der Waals surface area contributed by atoms with Gasteiger partial charge in [-0.3, -0.25) is 4.79 Å². The van der Waals surface area contributed by atoms with Crippen molar-refractivity contribution in [2.75, 3.05) is 13.3 Å². The van der Waals surface area contributed by atoms with Gasteiger partial charge in [-0.25, -0.2) is 4.39 Å². The lowest BCUT2D eigenvalue weighted by atomic mass is 9.83. The summed E-state index contributed by atoms with van der Waals surface area (Å²) in [6, 6.07) is 0. The summed E-state index contributed by atoms with van der Waals surface area (Å²) in [5, 5.41) is 0. The van der Waals surface area contributed by atoms with E-state index in [9.17, 15) is 158 Å². The molecule has 0 amide bonds. The molecule has 368 valence electrons. The lowest BCUT2D eigenvalue weighted by molar-refractivity contribution is -0.487. The molecule has 0 atom stereocenters. The summed E-state index contributed by atoms with van der Waals surface area (Å²) in [6.45, 7) is -6.02. The summed E-state index contributed by atoms with van der Waals surface area (Å²) >= 11 is 0. The molecular weight excluding hydrogens is 985 g/mol. The Hall–Kier alpha value is -2.98. The second kappa shape index (κ2) is 16.5. The predicted molar refractivity (Wildman–Crippen MR) is 122 cm³/mol. The Kier molecular flexibility index (Phi) is 16.3. The molecule has 0 aromatic heterocycles. The summed E-state index contributed by atoms with van der Waals surface area (Å²) in [7, 11) is 0. The highest BCUT2D eigenvalue weighted by Gasteiger charge is 3.01. The highest BCUT2D eigenvalue weighted by molar-refractivity contribution is 5.72. The van der Waals surface area contributed by atoms with Gasteiger partial charge >= 0.3 is 101 Å². The van der Waals surface area contributed by atoms with Gasteiger partial charge < -0.3 is 4.74 Å². The van der Waals surface area contributed by atoms with Crippen molar-refractivity contribution < 1.29 is 163 Å². The quantitative estimate of drug-likeness (QED) is 0.0897. The number of rotatable bonds is 20. The molecule has 0 saturated heterocycles. The van der Waals surface area contributed by atoms with Crippen molar-refractivity contribution in [1.82, 2.24) is 0 Å². The number of halogens is 35. The Bertz CT molecular complexity index is 1480. The predicted octanol–water partition coefficient (Wildman–Crippen LogP) is 12.9. The molecule has 0 fully saturated rings. The van der Waals surface area contributed by atoms with Crippen LogP contribution >= 0.6 is 0 Å². The number of esters is 1. The first-order valence-electron chi connectivity index (χ1n) is 14.1. The van der Waals surface area contributed by atoms with Crippen molar-refractivity contribution in [3.8, 4) is 0 Å². The molecule has 37 heteroatoms. The van der Waals surface area contributed by atoms with Gasteiger partial charge in [-0.15, -0.1) is 17.6 Å². The average Bonchev–Trinajstić information content (AvgIpc) is 3.05. The Labute approximate surface area is 311 Å². The lowest BCUT2D eigenvalue weighted by Gasteiger charge is -2.46. The summed E-state index contributed by atoms with van der Waals surface area (Å²) in [6.07, 6.45) is -6.45. The second-order valence-corrected chi connectivity index (χ2v) is 11.6. The molecule has 0 aromatic rings. The summed E-state index contributed by atoms with van der Waals surface area (Å²) in [5.41, 5.74) is 0. The lowest BCUT2D eigenvalue weighted by Crippen LogP contribution is -2.79. The maximum atomic E-state index is 14.0. The molecule has 0 unspecified atom stereocenters. The summed E-state index contributed by atoms with van der Waals surface area (Å²) in [5.74, 6) is -143. The van der Waals surface area contributed by atoms with E-state index in [-0.39, 0.29) is 0 Å². The van der Waals surface area contributed by atoms with Gasteiger partial charge in [0.05, 0.1) is 5.92 Å². The zero-order chi connectivity index (χ0) is 50.7. The first-order valence-corrected chi connectivity index (χ1v) is 14.1. The first kappa shape index (κ1) is 60.1. The van der Waals surface area contributed by atoms with E-state index in [1.165, 1.54) is 0 Å². The number of hydrogen-bond acceptors (Lipinski definition) is 2. The van der Waals surface area contributed by atoms with Crippen LogP contribution in [0.3, 0.4) is 0 Å². The molecule has 0 aliphatic carbocycles. The normalized spacial score (nSPS) is 16.1. The maximum Gasteiger partial charge on any atom is 0.559 e. The van der Waals surface area contributed by atoms with Crippen LogP contribution in [0.15, 0.2) is 0 Å². The van der Waals surface area contributed by atoms with Crippen molar-refractivity contribution in [2.24, 2.45) is 5.92 Å². The molecule has 0 aliphatic heterocycles. The van der Waals surface area contributed by atoms with E-state index in [0.717, 1.165) is 13.8 Å². The van der Waals surface area contributed by atoms with Crippen molar-refractivity contribution in [2.45, 2.75) is 122 Å².